The van der Waals surface area contributed by atoms with Crippen molar-refractivity contribution >= 4 is 27.7 Å². The van der Waals surface area contributed by atoms with E-state index in [0.717, 1.165) is 24.0 Å². The second-order valence-corrected chi connectivity index (χ2v) is 12.5. The van der Waals surface area contributed by atoms with Gasteiger partial charge in [-0.3, -0.25) is 14.4 Å². The van der Waals surface area contributed by atoms with E-state index in [4.69, 9.17) is 9.47 Å². The summed E-state index contributed by atoms with van der Waals surface area (Å²) in [4.78, 5) is 42.5. The van der Waals surface area contributed by atoms with Crippen LogP contribution in [-0.4, -0.2) is 74.8 Å². The lowest BCUT2D eigenvalue weighted by atomic mass is 10.0. The molecule has 226 valence electrons. The molecule has 1 N–H and O–H groups in total. The van der Waals surface area contributed by atoms with E-state index in [1.165, 1.54) is 30.2 Å². The largest absolute Gasteiger partial charge is 0.497 e. The molecule has 2 atom stereocenters. The van der Waals surface area contributed by atoms with Gasteiger partial charge in [0.2, 0.25) is 11.8 Å². The number of methoxy groups -OCH3 is 1. The van der Waals surface area contributed by atoms with Crippen molar-refractivity contribution in [2.24, 2.45) is 0 Å². The molecular weight excluding hydrogens is 570 g/mol. The summed E-state index contributed by atoms with van der Waals surface area (Å²) < 4.78 is 38.3. The van der Waals surface area contributed by atoms with Crippen LogP contribution in [0.25, 0.3) is 0 Å². The van der Waals surface area contributed by atoms with Gasteiger partial charge in [0, 0.05) is 19.7 Å². The second-order valence-electron chi connectivity index (χ2n) is 10.6. The number of hydrogen-bond acceptors (Lipinski definition) is 7. The summed E-state index contributed by atoms with van der Waals surface area (Å²) in [5.41, 5.74) is 2.49. The molecule has 2 aliphatic rings. The van der Waals surface area contributed by atoms with Crippen LogP contribution in [0.3, 0.4) is 0 Å². The van der Waals surface area contributed by atoms with Gasteiger partial charge in [-0.05, 0) is 67.1 Å². The maximum atomic E-state index is 14.2. The van der Waals surface area contributed by atoms with Crippen molar-refractivity contribution in [3.63, 3.8) is 0 Å². The predicted octanol–water partition coefficient (Wildman–Crippen LogP) is 3.26. The van der Waals surface area contributed by atoms with Gasteiger partial charge in [0.05, 0.1) is 18.8 Å². The number of amides is 3. The number of carbonyl (C=O) groups excluding carboxylic acids is 3. The van der Waals surface area contributed by atoms with Crippen LogP contribution >= 0.6 is 0 Å². The topological polar surface area (TPSA) is 122 Å². The van der Waals surface area contributed by atoms with Crippen LogP contribution in [0.4, 0.5) is 0 Å². The molecule has 0 unspecified atom stereocenters. The van der Waals surface area contributed by atoms with E-state index < -0.39 is 40.3 Å². The summed E-state index contributed by atoms with van der Waals surface area (Å²) in [5, 5.41) is 2.94. The average Bonchev–Trinajstić information content (AvgIpc) is 3.60. The minimum atomic E-state index is -4.24. The molecule has 0 aliphatic carbocycles. The molecule has 0 saturated carbocycles. The summed E-state index contributed by atoms with van der Waals surface area (Å²) in [5.74, 6) is -1.41. The first-order chi connectivity index (χ1) is 20.7. The van der Waals surface area contributed by atoms with Crippen LogP contribution in [0.15, 0.2) is 77.7 Å². The molecular formula is C32H35N3O7S. The second kappa shape index (κ2) is 13.0. The molecule has 0 bridgehead atoms. The Balaban J connectivity index is 1.50. The molecule has 0 aromatic heterocycles. The number of hydrogen-bond donors (Lipinski definition) is 1. The molecule has 11 heteroatoms. The fourth-order valence-electron chi connectivity index (χ4n) is 5.53. The van der Waals surface area contributed by atoms with Crippen LogP contribution in [0.1, 0.15) is 45.9 Å². The molecule has 2 heterocycles. The highest BCUT2D eigenvalue weighted by atomic mass is 32.2. The first-order valence-corrected chi connectivity index (χ1v) is 15.7. The lowest BCUT2D eigenvalue weighted by Crippen LogP contribution is -2.49. The van der Waals surface area contributed by atoms with Gasteiger partial charge >= 0.3 is 0 Å². The Morgan fingerprint density at radius 2 is 1.86 bits per heavy atom. The minimum absolute atomic E-state index is 0.0143. The predicted molar refractivity (Wildman–Crippen MR) is 159 cm³/mol. The van der Waals surface area contributed by atoms with E-state index in [9.17, 15) is 22.8 Å². The Morgan fingerprint density at radius 3 is 2.58 bits per heavy atom. The Bertz CT molecular complexity index is 1620. The number of nitrogens with one attached hydrogen (secondary N) is 1. The van der Waals surface area contributed by atoms with Gasteiger partial charge in [-0.2, -0.15) is 0 Å². The van der Waals surface area contributed by atoms with Crippen molar-refractivity contribution < 1.29 is 32.3 Å². The van der Waals surface area contributed by atoms with Crippen LogP contribution in [-0.2, 0) is 30.8 Å². The van der Waals surface area contributed by atoms with E-state index in [1.54, 1.807) is 30.3 Å². The number of rotatable bonds is 11. The van der Waals surface area contributed by atoms with Crippen molar-refractivity contribution in [3.8, 4) is 5.75 Å². The Morgan fingerprint density at radius 1 is 1.09 bits per heavy atom. The van der Waals surface area contributed by atoms with Gasteiger partial charge in [0.1, 0.15) is 23.2 Å². The van der Waals surface area contributed by atoms with Crippen LogP contribution in [0.2, 0.25) is 0 Å². The number of nitrogens with zero attached hydrogens (tertiary/aromatic N) is 2. The minimum Gasteiger partial charge on any atom is -0.497 e. The lowest BCUT2D eigenvalue weighted by Gasteiger charge is -2.33. The van der Waals surface area contributed by atoms with Gasteiger partial charge < -0.3 is 19.7 Å². The van der Waals surface area contributed by atoms with Gasteiger partial charge in [0.15, 0.2) is 0 Å². The molecule has 3 aromatic carbocycles. The molecule has 1 saturated heterocycles. The maximum absolute atomic E-state index is 14.2. The molecule has 10 nitrogen and oxygen atoms in total. The van der Waals surface area contributed by atoms with Crippen LogP contribution < -0.4 is 10.1 Å². The van der Waals surface area contributed by atoms with E-state index in [0.29, 0.717) is 28.6 Å². The molecule has 3 amide bonds. The van der Waals surface area contributed by atoms with Gasteiger partial charge in [0.25, 0.3) is 15.9 Å². The third-order valence-corrected chi connectivity index (χ3v) is 9.68. The molecule has 0 radical (unpaired) electrons. The third-order valence-electron chi connectivity index (χ3n) is 7.89. The zero-order chi connectivity index (χ0) is 30.6. The number of benzene rings is 3. The summed E-state index contributed by atoms with van der Waals surface area (Å²) in [7, 11) is -2.73. The average molecular weight is 606 g/mol. The zero-order valence-corrected chi connectivity index (χ0v) is 25.0. The van der Waals surface area contributed by atoms with Crippen molar-refractivity contribution in [3.05, 3.63) is 95.1 Å². The Kier molecular flexibility index (Phi) is 9.12. The lowest BCUT2D eigenvalue weighted by molar-refractivity contribution is -0.141. The van der Waals surface area contributed by atoms with Crippen molar-refractivity contribution in [2.75, 3.05) is 33.4 Å². The quantitative estimate of drug-likeness (QED) is 0.356. The number of sulfonamides is 1. The van der Waals surface area contributed by atoms with Gasteiger partial charge in [-0.15, -0.1) is 0 Å². The molecule has 3 aromatic rings. The monoisotopic (exact) mass is 605 g/mol. The van der Waals surface area contributed by atoms with E-state index in [2.05, 4.69) is 5.32 Å². The fraction of sp³-hybridized carbons (Fsp3) is 0.344. The Hall–Kier alpha value is -4.22. The first kappa shape index (κ1) is 30.2. The summed E-state index contributed by atoms with van der Waals surface area (Å²) in [6, 6.07) is 19.3. The van der Waals surface area contributed by atoms with Gasteiger partial charge in [-0.1, -0.05) is 48.5 Å². The molecule has 2 aliphatic heterocycles. The summed E-state index contributed by atoms with van der Waals surface area (Å²) in [6.45, 7) is 2.20. The fourth-order valence-corrected chi connectivity index (χ4v) is 7.05. The van der Waals surface area contributed by atoms with Gasteiger partial charge in [-0.25, -0.2) is 12.7 Å². The third kappa shape index (κ3) is 6.42. The van der Waals surface area contributed by atoms with E-state index in [1.807, 2.05) is 31.2 Å². The maximum Gasteiger partial charge on any atom is 0.269 e. The standard InChI is InChI=1S/C32H35N3O7S/c1-22-9-3-4-10-23(22)16-17-34(29(36)21-35-32(38)27-14-5-6-15-28(27)43(35,39)40)30(24-11-7-12-25(19-24)41-2)31(37)33-20-26-13-8-18-42-26/h3-7,9-12,14-15,19,26,30H,8,13,16-18,20-21H2,1-2H3,(H,33,37)/t26-,30+/m0/s1. The highest BCUT2D eigenvalue weighted by molar-refractivity contribution is 7.90. The smallest absolute Gasteiger partial charge is 0.269 e. The summed E-state index contributed by atoms with van der Waals surface area (Å²) in [6.07, 6.45) is 1.99. The molecule has 43 heavy (non-hydrogen) atoms. The molecule has 1 fully saturated rings. The zero-order valence-electron chi connectivity index (χ0n) is 24.2. The first-order valence-electron chi connectivity index (χ1n) is 14.2. The molecule has 0 spiro atoms. The van der Waals surface area contributed by atoms with Crippen molar-refractivity contribution in [1.29, 1.82) is 0 Å². The number of ether oxygens (including phenoxy) is 2. The van der Waals surface area contributed by atoms with Crippen molar-refractivity contribution in [1.82, 2.24) is 14.5 Å². The van der Waals surface area contributed by atoms with Crippen molar-refractivity contribution in [2.45, 2.75) is 43.2 Å². The Labute approximate surface area is 251 Å². The van der Waals surface area contributed by atoms with Crippen LogP contribution in [0, 0.1) is 6.92 Å². The summed E-state index contributed by atoms with van der Waals surface area (Å²) >= 11 is 0. The highest BCUT2D eigenvalue weighted by Crippen LogP contribution is 2.31. The normalized spacial score (nSPS) is 17.8. The number of fused-ring (bicyclic) bond motifs is 1. The highest BCUT2D eigenvalue weighted by Gasteiger charge is 2.43. The SMILES string of the molecule is COc1cccc([C@H](C(=O)NC[C@@H]2CCCO2)N(CCc2ccccc2C)C(=O)CN2C(=O)c3ccccc3S2(=O)=O)c1. The molecule has 5 rings (SSSR count). The van der Waals surface area contributed by atoms with E-state index in [-0.39, 0.29) is 29.7 Å². The number of aryl methyl sites for hydroxylation is 1. The number of carbonyl (C=O) groups is 3. The van der Waals surface area contributed by atoms with Crippen LogP contribution in [0.5, 0.6) is 5.75 Å². The van der Waals surface area contributed by atoms with E-state index >= 15 is 0 Å².